The lowest BCUT2D eigenvalue weighted by Crippen LogP contribution is -2.05. The molecule has 0 aliphatic carbocycles. The minimum atomic E-state index is -3.44. The smallest absolute Gasteiger partial charge is 0.185 e. The van der Waals surface area contributed by atoms with E-state index < -0.39 is 9.84 Å². The molecule has 0 aliphatic rings. The van der Waals surface area contributed by atoms with Gasteiger partial charge in [0.15, 0.2) is 9.84 Å². The molecule has 6 heteroatoms. The summed E-state index contributed by atoms with van der Waals surface area (Å²) in [5.74, 6) is 1.49. The summed E-state index contributed by atoms with van der Waals surface area (Å²) in [4.78, 5) is 0.225. The zero-order valence-electron chi connectivity index (χ0n) is 11.4. The van der Waals surface area contributed by atoms with Crippen LogP contribution >= 0.6 is 0 Å². The molecule has 0 aliphatic heterocycles. The van der Waals surface area contributed by atoms with Crippen molar-refractivity contribution < 1.29 is 17.6 Å². The van der Waals surface area contributed by atoms with Gasteiger partial charge in [-0.1, -0.05) is 6.07 Å². The molecule has 20 heavy (non-hydrogen) atoms. The highest BCUT2D eigenvalue weighted by Gasteiger charge is 2.18. The van der Waals surface area contributed by atoms with E-state index in [0.29, 0.717) is 23.8 Å². The van der Waals surface area contributed by atoms with E-state index in [4.69, 9.17) is 9.15 Å². The van der Waals surface area contributed by atoms with Crippen LogP contribution in [0.25, 0.3) is 0 Å². The third-order valence-electron chi connectivity index (χ3n) is 2.80. The van der Waals surface area contributed by atoms with Gasteiger partial charge in [-0.05, 0) is 37.4 Å². The SMILES string of the molecule is CNCc1ccc(CS(=O)(=O)c2cccc(OC)c2)o1. The number of furan rings is 1. The average molecular weight is 295 g/mol. The standard InChI is InChI=1S/C14H17NO4S/c1-15-9-12-6-7-13(19-12)10-20(16,17)14-5-3-4-11(8-14)18-2/h3-8,15H,9-10H2,1-2H3. The molecule has 1 aromatic carbocycles. The summed E-state index contributed by atoms with van der Waals surface area (Å²) in [5.41, 5.74) is 0. The summed E-state index contributed by atoms with van der Waals surface area (Å²) < 4.78 is 35.1. The minimum Gasteiger partial charge on any atom is -0.497 e. The Labute approximate surface area is 118 Å². The van der Waals surface area contributed by atoms with E-state index in [1.165, 1.54) is 13.2 Å². The summed E-state index contributed by atoms with van der Waals surface area (Å²) in [6.45, 7) is 0.569. The van der Waals surface area contributed by atoms with Crippen molar-refractivity contribution in [3.05, 3.63) is 47.9 Å². The van der Waals surface area contributed by atoms with Crippen LogP contribution in [0.4, 0.5) is 0 Å². The summed E-state index contributed by atoms with van der Waals surface area (Å²) in [6, 6.07) is 9.87. The van der Waals surface area contributed by atoms with Gasteiger partial charge in [-0.3, -0.25) is 0 Å². The van der Waals surface area contributed by atoms with E-state index in [-0.39, 0.29) is 10.6 Å². The Morgan fingerprint density at radius 1 is 1.20 bits per heavy atom. The second kappa shape index (κ2) is 6.11. The molecule has 0 saturated heterocycles. The Kier molecular flexibility index (Phi) is 4.46. The molecule has 0 radical (unpaired) electrons. The lowest BCUT2D eigenvalue weighted by molar-refractivity contribution is 0.413. The van der Waals surface area contributed by atoms with E-state index in [1.807, 2.05) is 0 Å². The number of nitrogens with one attached hydrogen (secondary N) is 1. The van der Waals surface area contributed by atoms with Crippen molar-refractivity contribution in [1.82, 2.24) is 5.32 Å². The van der Waals surface area contributed by atoms with Crippen LogP contribution in [-0.2, 0) is 22.1 Å². The maximum Gasteiger partial charge on any atom is 0.185 e. The van der Waals surface area contributed by atoms with E-state index in [2.05, 4.69) is 5.32 Å². The Morgan fingerprint density at radius 2 is 1.95 bits per heavy atom. The van der Waals surface area contributed by atoms with Gasteiger partial charge in [-0.15, -0.1) is 0 Å². The zero-order chi connectivity index (χ0) is 14.6. The van der Waals surface area contributed by atoms with Crippen LogP contribution in [0.2, 0.25) is 0 Å². The molecular formula is C14H17NO4S. The van der Waals surface area contributed by atoms with Gasteiger partial charge in [-0.25, -0.2) is 8.42 Å². The van der Waals surface area contributed by atoms with Crippen LogP contribution in [0.1, 0.15) is 11.5 Å². The fourth-order valence-corrected chi connectivity index (χ4v) is 3.11. The average Bonchev–Trinajstić information content (AvgIpc) is 2.86. The number of ether oxygens (including phenoxy) is 1. The molecule has 5 nitrogen and oxygen atoms in total. The molecule has 0 atom stereocenters. The van der Waals surface area contributed by atoms with Crippen molar-refractivity contribution in [3.63, 3.8) is 0 Å². The first-order valence-corrected chi connectivity index (χ1v) is 7.79. The quantitative estimate of drug-likeness (QED) is 0.882. The van der Waals surface area contributed by atoms with Crippen molar-refractivity contribution in [1.29, 1.82) is 0 Å². The minimum absolute atomic E-state index is 0.163. The molecule has 0 saturated carbocycles. The number of methoxy groups -OCH3 is 1. The maximum absolute atomic E-state index is 12.3. The topological polar surface area (TPSA) is 68.5 Å². The number of hydrogen-bond acceptors (Lipinski definition) is 5. The lowest BCUT2D eigenvalue weighted by atomic mass is 10.3. The van der Waals surface area contributed by atoms with E-state index in [9.17, 15) is 8.42 Å². The van der Waals surface area contributed by atoms with Crippen molar-refractivity contribution in [2.24, 2.45) is 0 Å². The predicted octanol–water partition coefficient (Wildman–Crippen LogP) is 1.98. The monoisotopic (exact) mass is 295 g/mol. The van der Waals surface area contributed by atoms with Gasteiger partial charge in [0.1, 0.15) is 23.0 Å². The lowest BCUT2D eigenvalue weighted by Gasteiger charge is -2.05. The van der Waals surface area contributed by atoms with Gasteiger partial charge < -0.3 is 14.5 Å². The van der Waals surface area contributed by atoms with Crippen LogP contribution in [-0.4, -0.2) is 22.6 Å². The zero-order valence-corrected chi connectivity index (χ0v) is 12.2. The van der Waals surface area contributed by atoms with Gasteiger partial charge in [-0.2, -0.15) is 0 Å². The Bertz CT molecular complexity index is 676. The molecule has 0 amide bonds. The van der Waals surface area contributed by atoms with E-state index >= 15 is 0 Å². The van der Waals surface area contributed by atoms with E-state index in [1.54, 1.807) is 37.4 Å². The highest BCUT2D eigenvalue weighted by atomic mass is 32.2. The maximum atomic E-state index is 12.3. The molecular weight excluding hydrogens is 278 g/mol. The second-order valence-corrected chi connectivity index (χ2v) is 6.33. The molecule has 2 rings (SSSR count). The summed E-state index contributed by atoms with van der Waals surface area (Å²) >= 11 is 0. The van der Waals surface area contributed by atoms with Gasteiger partial charge in [0.2, 0.25) is 0 Å². The van der Waals surface area contributed by atoms with Gasteiger partial charge in [0.25, 0.3) is 0 Å². The molecule has 108 valence electrons. The fourth-order valence-electron chi connectivity index (χ4n) is 1.83. The van der Waals surface area contributed by atoms with Gasteiger partial charge in [0.05, 0.1) is 18.6 Å². The van der Waals surface area contributed by atoms with Crippen LogP contribution in [0, 0.1) is 0 Å². The van der Waals surface area contributed by atoms with Crippen LogP contribution in [0.3, 0.4) is 0 Å². The van der Waals surface area contributed by atoms with Gasteiger partial charge in [0, 0.05) is 0 Å². The Morgan fingerprint density at radius 3 is 2.65 bits per heavy atom. The third-order valence-corrected chi connectivity index (χ3v) is 4.44. The molecule has 1 N–H and O–H groups in total. The molecule has 0 bridgehead atoms. The number of hydrogen-bond donors (Lipinski definition) is 1. The van der Waals surface area contributed by atoms with Crippen molar-refractivity contribution in [3.8, 4) is 5.75 Å². The second-order valence-electron chi connectivity index (χ2n) is 4.34. The highest BCUT2D eigenvalue weighted by Crippen LogP contribution is 2.22. The van der Waals surface area contributed by atoms with E-state index in [0.717, 1.165) is 0 Å². The van der Waals surface area contributed by atoms with Crippen LogP contribution in [0.15, 0.2) is 45.7 Å². The first kappa shape index (κ1) is 14.6. The fraction of sp³-hybridized carbons (Fsp3) is 0.286. The van der Waals surface area contributed by atoms with Crippen LogP contribution in [0.5, 0.6) is 5.75 Å². The van der Waals surface area contributed by atoms with Crippen LogP contribution < -0.4 is 10.1 Å². The molecule has 1 heterocycles. The molecule has 1 aromatic heterocycles. The summed E-state index contributed by atoms with van der Waals surface area (Å²) in [7, 11) is -0.139. The van der Waals surface area contributed by atoms with Gasteiger partial charge >= 0.3 is 0 Å². The third kappa shape index (κ3) is 3.40. The molecule has 0 unspecified atom stereocenters. The largest absolute Gasteiger partial charge is 0.497 e. The number of sulfone groups is 1. The van der Waals surface area contributed by atoms with Crippen molar-refractivity contribution >= 4 is 9.84 Å². The first-order chi connectivity index (χ1) is 9.55. The highest BCUT2D eigenvalue weighted by molar-refractivity contribution is 7.90. The molecule has 2 aromatic rings. The molecule has 0 spiro atoms. The van der Waals surface area contributed by atoms with Crippen molar-refractivity contribution in [2.75, 3.05) is 14.2 Å². The first-order valence-electron chi connectivity index (χ1n) is 6.14. The normalized spacial score (nSPS) is 11.5. The summed E-state index contributed by atoms with van der Waals surface area (Å²) in [5, 5.41) is 2.95. The summed E-state index contributed by atoms with van der Waals surface area (Å²) in [6.07, 6.45) is 0. The number of rotatable bonds is 6. The predicted molar refractivity (Wildman–Crippen MR) is 75.4 cm³/mol. The Balaban J connectivity index is 2.21. The molecule has 0 fully saturated rings. The Hall–Kier alpha value is -1.79. The number of benzene rings is 1. The van der Waals surface area contributed by atoms with Crippen molar-refractivity contribution in [2.45, 2.75) is 17.2 Å².